The van der Waals surface area contributed by atoms with Crippen molar-refractivity contribution in [2.45, 2.75) is 19.9 Å². The van der Waals surface area contributed by atoms with Crippen molar-refractivity contribution in [1.82, 2.24) is 14.8 Å². The number of nitrogens with zero attached hydrogens (tertiary/aromatic N) is 4. The maximum Gasteiger partial charge on any atom is 0.333 e. The van der Waals surface area contributed by atoms with Crippen LogP contribution in [-0.4, -0.2) is 19.7 Å². The molecule has 2 rings (SSSR count). The summed E-state index contributed by atoms with van der Waals surface area (Å²) in [6.07, 6.45) is 1.66. The Hall–Kier alpha value is -2.44. The first-order valence-corrected chi connectivity index (χ1v) is 5.42. The van der Waals surface area contributed by atoms with Gasteiger partial charge in [-0.25, -0.2) is 4.68 Å². The zero-order chi connectivity index (χ0) is 13.3. The van der Waals surface area contributed by atoms with Crippen molar-refractivity contribution in [2.24, 2.45) is 0 Å². The minimum atomic E-state index is -0.515. The predicted octanol–water partition coefficient (Wildman–Crippen LogP) is 1.69. The molecule has 0 saturated carbocycles. The molecule has 0 fully saturated rings. The van der Waals surface area contributed by atoms with Crippen LogP contribution in [0.2, 0.25) is 0 Å². The normalized spacial score (nSPS) is 12.3. The van der Waals surface area contributed by atoms with E-state index in [1.807, 2.05) is 19.1 Å². The van der Waals surface area contributed by atoms with Crippen LogP contribution in [0.5, 0.6) is 0 Å². The first-order valence-electron chi connectivity index (χ1n) is 5.42. The highest BCUT2D eigenvalue weighted by Gasteiger charge is 2.25. The molecule has 18 heavy (non-hydrogen) atoms. The standard InChI is InChI=1S/C11H13N5O2/c1-7-10(16(17)18)11(12)15(14-7)8(2)9-5-3-4-6-13-9/h3-6,8H,12H2,1-2H3. The molecule has 2 N–H and O–H groups in total. The van der Waals surface area contributed by atoms with Crippen LogP contribution >= 0.6 is 0 Å². The summed E-state index contributed by atoms with van der Waals surface area (Å²) in [5, 5.41) is 15.0. The molecule has 1 atom stereocenters. The Morgan fingerprint density at radius 2 is 2.22 bits per heavy atom. The van der Waals surface area contributed by atoms with Crippen molar-refractivity contribution in [3.63, 3.8) is 0 Å². The fourth-order valence-corrected chi connectivity index (χ4v) is 1.83. The van der Waals surface area contributed by atoms with Crippen molar-refractivity contribution >= 4 is 11.5 Å². The van der Waals surface area contributed by atoms with Crippen molar-refractivity contribution < 1.29 is 4.92 Å². The second kappa shape index (κ2) is 4.44. The van der Waals surface area contributed by atoms with E-state index < -0.39 is 4.92 Å². The van der Waals surface area contributed by atoms with E-state index in [0.29, 0.717) is 5.69 Å². The maximum absolute atomic E-state index is 10.9. The Labute approximate surface area is 103 Å². The number of anilines is 1. The van der Waals surface area contributed by atoms with E-state index in [0.717, 1.165) is 5.69 Å². The zero-order valence-electron chi connectivity index (χ0n) is 10.1. The number of nitro groups is 1. The number of rotatable bonds is 3. The molecule has 0 aromatic carbocycles. The Morgan fingerprint density at radius 3 is 2.72 bits per heavy atom. The summed E-state index contributed by atoms with van der Waals surface area (Å²) < 4.78 is 1.43. The summed E-state index contributed by atoms with van der Waals surface area (Å²) in [5.74, 6) is 0.0515. The van der Waals surface area contributed by atoms with Gasteiger partial charge in [0.05, 0.1) is 16.7 Å². The molecule has 0 aliphatic rings. The molecule has 0 aliphatic heterocycles. The largest absolute Gasteiger partial charge is 0.378 e. The topological polar surface area (TPSA) is 99.9 Å². The lowest BCUT2D eigenvalue weighted by molar-refractivity contribution is -0.384. The van der Waals surface area contributed by atoms with E-state index in [4.69, 9.17) is 5.73 Å². The van der Waals surface area contributed by atoms with E-state index in [2.05, 4.69) is 10.1 Å². The van der Waals surface area contributed by atoms with E-state index in [1.54, 1.807) is 19.2 Å². The van der Waals surface area contributed by atoms with Gasteiger partial charge < -0.3 is 5.73 Å². The van der Waals surface area contributed by atoms with Gasteiger partial charge in [0.25, 0.3) is 0 Å². The Bertz CT molecular complexity index is 579. The third-order valence-corrected chi connectivity index (χ3v) is 2.76. The highest BCUT2D eigenvalue weighted by Crippen LogP contribution is 2.29. The maximum atomic E-state index is 10.9. The summed E-state index contributed by atoms with van der Waals surface area (Å²) in [7, 11) is 0. The van der Waals surface area contributed by atoms with Crippen LogP contribution in [-0.2, 0) is 0 Å². The number of hydrogen-bond donors (Lipinski definition) is 1. The monoisotopic (exact) mass is 247 g/mol. The van der Waals surface area contributed by atoms with Gasteiger partial charge in [0.1, 0.15) is 5.69 Å². The lowest BCUT2D eigenvalue weighted by Crippen LogP contribution is -2.13. The molecule has 0 aliphatic carbocycles. The molecule has 2 heterocycles. The third-order valence-electron chi connectivity index (χ3n) is 2.76. The SMILES string of the molecule is Cc1nn(C(C)c2ccccn2)c(N)c1[N+](=O)[O-]. The highest BCUT2D eigenvalue weighted by molar-refractivity contribution is 5.56. The second-order valence-corrected chi connectivity index (χ2v) is 3.95. The van der Waals surface area contributed by atoms with Crippen molar-refractivity contribution in [3.8, 4) is 0 Å². The number of nitrogens with two attached hydrogens (primary N) is 1. The Balaban J connectivity index is 2.47. The molecule has 94 valence electrons. The highest BCUT2D eigenvalue weighted by atomic mass is 16.6. The molecule has 2 aromatic heterocycles. The fraction of sp³-hybridized carbons (Fsp3) is 0.273. The fourth-order valence-electron chi connectivity index (χ4n) is 1.83. The first-order chi connectivity index (χ1) is 8.52. The van der Waals surface area contributed by atoms with Crippen molar-refractivity contribution in [2.75, 3.05) is 5.73 Å². The second-order valence-electron chi connectivity index (χ2n) is 3.95. The Kier molecular flexibility index (Phi) is 2.97. The van der Waals surface area contributed by atoms with Gasteiger partial charge >= 0.3 is 5.69 Å². The van der Waals surface area contributed by atoms with Gasteiger partial charge in [-0.15, -0.1) is 0 Å². The molecule has 0 amide bonds. The van der Waals surface area contributed by atoms with Crippen LogP contribution in [0.3, 0.4) is 0 Å². The lowest BCUT2D eigenvalue weighted by Gasteiger charge is -2.12. The average Bonchev–Trinajstić information content (AvgIpc) is 2.65. The predicted molar refractivity (Wildman–Crippen MR) is 66.1 cm³/mol. The summed E-state index contributed by atoms with van der Waals surface area (Å²) in [6.45, 7) is 3.41. The molecule has 2 aromatic rings. The van der Waals surface area contributed by atoms with E-state index in [1.165, 1.54) is 4.68 Å². The van der Waals surface area contributed by atoms with Crippen molar-refractivity contribution in [1.29, 1.82) is 0 Å². The van der Waals surface area contributed by atoms with Gasteiger partial charge in [-0.1, -0.05) is 6.07 Å². The molecular formula is C11H13N5O2. The zero-order valence-corrected chi connectivity index (χ0v) is 10.1. The molecular weight excluding hydrogens is 234 g/mol. The summed E-state index contributed by atoms with van der Waals surface area (Å²) in [5.41, 5.74) is 6.69. The molecule has 0 saturated heterocycles. The number of nitrogen functional groups attached to an aromatic ring is 1. The Morgan fingerprint density at radius 1 is 1.50 bits per heavy atom. The van der Waals surface area contributed by atoms with Gasteiger partial charge in [-0.05, 0) is 26.0 Å². The molecule has 7 nitrogen and oxygen atoms in total. The van der Waals surface area contributed by atoms with Gasteiger partial charge in [-0.2, -0.15) is 5.10 Å². The van der Waals surface area contributed by atoms with E-state index >= 15 is 0 Å². The molecule has 0 bridgehead atoms. The van der Waals surface area contributed by atoms with Crippen LogP contribution in [0, 0.1) is 17.0 Å². The average molecular weight is 247 g/mol. The van der Waals surface area contributed by atoms with Crippen LogP contribution in [0.1, 0.15) is 24.4 Å². The number of pyridine rings is 1. The van der Waals surface area contributed by atoms with Gasteiger partial charge in [0.2, 0.25) is 5.82 Å². The molecule has 0 radical (unpaired) electrons. The van der Waals surface area contributed by atoms with E-state index in [-0.39, 0.29) is 17.5 Å². The molecule has 7 heteroatoms. The first kappa shape index (κ1) is 12.0. The quantitative estimate of drug-likeness (QED) is 0.657. The minimum absolute atomic E-state index is 0.0515. The van der Waals surface area contributed by atoms with E-state index in [9.17, 15) is 10.1 Å². The minimum Gasteiger partial charge on any atom is -0.378 e. The lowest BCUT2D eigenvalue weighted by atomic mass is 10.2. The van der Waals surface area contributed by atoms with Crippen LogP contribution < -0.4 is 5.73 Å². The smallest absolute Gasteiger partial charge is 0.333 e. The van der Waals surface area contributed by atoms with Crippen molar-refractivity contribution in [3.05, 3.63) is 45.9 Å². The number of aryl methyl sites for hydroxylation is 1. The number of hydrogen-bond acceptors (Lipinski definition) is 5. The molecule has 0 spiro atoms. The van der Waals surface area contributed by atoms with Gasteiger partial charge in [0, 0.05) is 6.20 Å². The third kappa shape index (κ3) is 1.90. The summed E-state index contributed by atoms with van der Waals surface area (Å²) in [4.78, 5) is 14.6. The summed E-state index contributed by atoms with van der Waals surface area (Å²) in [6, 6.07) is 5.22. The number of aromatic nitrogens is 3. The molecule has 1 unspecified atom stereocenters. The summed E-state index contributed by atoms with van der Waals surface area (Å²) >= 11 is 0. The van der Waals surface area contributed by atoms with Crippen LogP contribution in [0.4, 0.5) is 11.5 Å². The van der Waals surface area contributed by atoms with Crippen LogP contribution in [0.25, 0.3) is 0 Å². The van der Waals surface area contributed by atoms with Crippen LogP contribution in [0.15, 0.2) is 24.4 Å². The van der Waals surface area contributed by atoms with Gasteiger partial charge in [-0.3, -0.25) is 15.1 Å². The van der Waals surface area contributed by atoms with Gasteiger partial charge in [0.15, 0.2) is 0 Å².